The van der Waals surface area contributed by atoms with Gasteiger partial charge in [-0.25, -0.2) is 0 Å². The number of hydrogen-bond acceptors (Lipinski definition) is 0. The lowest BCUT2D eigenvalue weighted by Gasteiger charge is -2.21. The Hall–Kier alpha value is 0. The van der Waals surface area contributed by atoms with E-state index >= 15 is 0 Å². The van der Waals surface area contributed by atoms with E-state index in [4.69, 9.17) is 0 Å². The molecule has 0 radical (unpaired) electrons. The van der Waals surface area contributed by atoms with Gasteiger partial charge in [0, 0.05) is 0 Å². The number of halogens is 1. The van der Waals surface area contributed by atoms with Crippen molar-refractivity contribution >= 4 is 5.96 Å². The summed E-state index contributed by atoms with van der Waals surface area (Å²) in [7, 11) is 10.6. The maximum atomic E-state index is 2.35. The quantitative estimate of drug-likeness (QED) is 0.196. The van der Waals surface area contributed by atoms with E-state index in [-0.39, 0.29) is 24.0 Å². The lowest BCUT2D eigenvalue weighted by Crippen LogP contribution is -3.00. The Balaban J connectivity index is 0. The van der Waals surface area contributed by atoms with Crippen molar-refractivity contribution in [3.05, 3.63) is 0 Å². The van der Waals surface area contributed by atoms with Gasteiger partial charge in [-0.2, -0.15) is 0 Å². The minimum absolute atomic E-state index is 0. The molecule has 18 heavy (non-hydrogen) atoms. The van der Waals surface area contributed by atoms with Gasteiger partial charge in [0.25, 0.3) is 0 Å². The topological polar surface area (TPSA) is 9.49 Å². The van der Waals surface area contributed by atoms with Crippen LogP contribution in [-0.2, 0) is 0 Å². The second-order valence-corrected chi connectivity index (χ2v) is 5.28. The first-order valence-corrected chi connectivity index (χ1v) is 6.93. The van der Waals surface area contributed by atoms with Gasteiger partial charge in [0.05, 0.1) is 41.8 Å². The van der Waals surface area contributed by atoms with Gasteiger partial charge in [-0.15, -0.1) is 0 Å². The Morgan fingerprint density at radius 1 is 0.889 bits per heavy atom. The van der Waals surface area contributed by atoms with Crippen LogP contribution in [0.3, 0.4) is 0 Å². The van der Waals surface area contributed by atoms with Crippen molar-refractivity contribution in [1.82, 2.24) is 9.80 Å². The van der Waals surface area contributed by atoms with E-state index in [2.05, 4.69) is 56.5 Å². The van der Waals surface area contributed by atoms with Crippen LogP contribution < -0.4 is 24.0 Å². The summed E-state index contributed by atoms with van der Waals surface area (Å²) in [5, 5.41) is 0. The molecule has 0 saturated carbocycles. The van der Waals surface area contributed by atoms with Gasteiger partial charge < -0.3 is 24.0 Å². The second kappa shape index (κ2) is 12.1. The molecule has 4 heteroatoms. The highest BCUT2D eigenvalue weighted by atomic mass is 127. The number of nitrogens with zero attached hydrogens (tertiary/aromatic N) is 3. The van der Waals surface area contributed by atoms with E-state index in [9.17, 15) is 0 Å². The fraction of sp³-hybridized carbons (Fsp3) is 0.929. The van der Waals surface area contributed by atoms with E-state index in [0.29, 0.717) is 0 Å². The fourth-order valence-corrected chi connectivity index (χ4v) is 2.31. The van der Waals surface area contributed by atoms with Gasteiger partial charge in [-0.05, 0) is 6.42 Å². The molecule has 0 heterocycles. The first-order valence-electron chi connectivity index (χ1n) is 6.93. The van der Waals surface area contributed by atoms with Crippen molar-refractivity contribution in [1.29, 1.82) is 0 Å². The summed E-state index contributed by atoms with van der Waals surface area (Å²) in [4.78, 5) is 4.52. The highest BCUT2D eigenvalue weighted by Gasteiger charge is 2.17. The summed E-state index contributed by atoms with van der Waals surface area (Å²) >= 11 is 0. The molecule has 0 rings (SSSR count). The van der Waals surface area contributed by atoms with Crippen molar-refractivity contribution in [3.8, 4) is 0 Å². The van der Waals surface area contributed by atoms with E-state index < -0.39 is 0 Å². The van der Waals surface area contributed by atoms with Gasteiger partial charge in [0.1, 0.15) is 0 Å². The van der Waals surface area contributed by atoms with Gasteiger partial charge in [0.2, 0.25) is 0 Å². The molecule has 0 aliphatic rings. The van der Waals surface area contributed by atoms with Crippen LogP contribution in [0.2, 0.25) is 0 Å². The predicted molar refractivity (Wildman–Crippen MR) is 76.8 cm³/mol. The molecule has 0 spiro atoms. The summed E-state index contributed by atoms with van der Waals surface area (Å²) in [6.07, 6.45) is 8.17. The Morgan fingerprint density at radius 3 is 1.83 bits per heavy atom. The van der Waals surface area contributed by atoms with Crippen molar-refractivity contribution in [3.63, 3.8) is 0 Å². The van der Waals surface area contributed by atoms with Crippen LogP contribution in [0.5, 0.6) is 0 Å². The molecule has 0 aromatic carbocycles. The third-order valence-corrected chi connectivity index (χ3v) is 2.99. The van der Waals surface area contributed by atoms with Gasteiger partial charge >= 0.3 is 5.96 Å². The molecule has 0 saturated heterocycles. The van der Waals surface area contributed by atoms with E-state index in [1.165, 1.54) is 44.5 Å². The minimum Gasteiger partial charge on any atom is -1.00 e. The van der Waals surface area contributed by atoms with Crippen LogP contribution in [0.1, 0.15) is 45.4 Å². The molecule has 3 nitrogen and oxygen atoms in total. The van der Waals surface area contributed by atoms with E-state index in [1.54, 1.807) is 0 Å². The van der Waals surface area contributed by atoms with Crippen molar-refractivity contribution in [2.75, 3.05) is 41.8 Å². The number of guanidine groups is 1. The van der Waals surface area contributed by atoms with Crippen LogP contribution >= 0.6 is 0 Å². The maximum Gasteiger partial charge on any atom is 0.349 e. The molecule has 0 bridgehead atoms. The third kappa shape index (κ3) is 9.00. The highest BCUT2D eigenvalue weighted by molar-refractivity contribution is 5.74. The zero-order valence-corrected chi connectivity index (χ0v) is 15.3. The molecule has 0 aromatic heterocycles. The smallest absolute Gasteiger partial charge is 0.349 e. The molecule has 0 aliphatic heterocycles. The molecular formula is C14H32IN3. The predicted octanol–water partition coefficient (Wildman–Crippen LogP) is -0.528. The Labute approximate surface area is 131 Å². The minimum atomic E-state index is 0. The van der Waals surface area contributed by atoms with Crippen LogP contribution in [0.4, 0.5) is 0 Å². The van der Waals surface area contributed by atoms with E-state index in [0.717, 1.165) is 6.54 Å². The lowest BCUT2D eigenvalue weighted by atomic mass is 10.1. The summed E-state index contributed by atoms with van der Waals surface area (Å²) < 4.78 is 2.18. The van der Waals surface area contributed by atoms with Gasteiger partial charge in [-0.1, -0.05) is 39.0 Å². The number of unbranched alkanes of at least 4 members (excludes halogenated alkanes) is 5. The number of hydrogen-bond donors (Lipinski definition) is 0. The standard InChI is InChI=1S/C14H32N3.HI/c1-7-8-9-10-11-12-13-17(6)14(15(2)3)16(4)5;/h7-13H2,1-6H3;1H/q+1;/p-1. The zero-order chi connectivity index (χ0) is 13.3. The van der Waals surface area contributed by atoms with E-state index in [1.807, 2.05) is 0 Å². The average molecular weight is 369 g/mol. The summed E-state index contributed by atoms with van der Waals surface area (Å²) in [6, 6.07) is 0. The molecule has 0 aliphatic carbocycles. The maximum absolute atomic E-state index is 2.35. The zero-order valence-electron chi connectivity index (χ0n) is 13.2. The molecular weight excluding hydrogens is 337 g/mol. The summed E-state index contributed by atoms with van der Waals surface area (Å²) in [6.45, 7) is 3.42. The monoisotopic (exact) mass is 369 g/mol. The van der Waals surface area contributed by atoms with Gasteiger partial charge in [0.15, 0.2) is 0 Å². The van der Waals surface area contributed by atoms with Crippen LogP contribution in [0.15, 0.2) is 0 Å². The van der Waals surface area contributed by atoms with Gasteiger partial charge in [-0.3, -0.25) is 14.4 Å². The SMILES string of the molecule is CCCCCCCCN(C)C(N(C)C)=[N+](C)C.[I-]. The molecule has 0 amide bonds. The fourth-order valence-electron chi connectivity index (χ4n) is 2.31. The molecule has 0 N–H and O–H groups in total. The summed E-state index contributed by atoms with van der Waals surface area (Å²) in [5.74, 6) is 1.28. The van der Waals surface area contributed by atoms with Crippen LogP contribution in [-0.4, -0.2) is 62.1 Å². The third-order valence-electron chi connectivity index (χ3n) is 2.99. The molecule has 0 unspecified atom stereocenters. The number of rotatable bonds is 7. The Kier molecular flexibility index (Phi) is 13.6. The van der Waals surface area contributed by atoms with Crippen molar-refractivity contribution < 1.29 is 28.6 Å². The van der Waals surface area contributed by atoms with Crippen LogP contribution in [0.25, 0.3) is 0 Å². The average Bonchev–Trinajstić information content (AvgIpc) is 2.22. The Bertz CT molecular complexity index is 223. The molecule has 0 aromatic rings. The largest absolute Gasteiger partial charge is 1.00 e. The first kappa shape index (κ1) is 20.3. The Morgan fingerprint density at radius 2 is 1.39 bits per heavy atom. The molecule has 0 fully saturated rings. The highest BCUT2D eigenvalue weighted by Crippen LogP contribution is 2.05. The second-order valence-electron chi connectivity index (χ2n) is 5.28. The molecule has 0 atom stereocenters. The molecule has 110 valence electrons. The first-order chi connectivity index (χ1) is 8.00. The van der Waals surface area contributed by atoms with Crippen molar-refractivity contribution in [2.24, 2.45) is 0 Å². The summed E-state index contributed by atoms with van der Waals surface area (Å²) in [5.41, 5.74) is 0. The van der Waals surface area contributed by atoms with Crippen molar-refractivity contribution in [2.45, 2.75) is 45.4 Å². The van der Waals surface area contributed by atoms with Crippen LogP contribution in [0, 0.1) is 0 Å². The lowest BCUT2D eigenvalue weighted by molar-refractivity contribution is -0.475. The normalized spacial score (nSPS) is 9.67.